The SMILES string of the molecule is N#Cc1ncn(CC(=O)N2CCN(S(=O)(=O)c3cccs3)CC2)n1. The number of nitrogens with zero attached hydrogens (tertiary/aromatic N) is 6. The molecule has 0 aromatic carbocycles. The normalized spacial score (nSPS) is 16.0. The van der Waals surface area contributed by atoms with Gasteiger partial charge in [0.2, 0.25) is 5.91 Å². The molecule has 1 aliphatic heterocycles. The summed E-state index contributed by atoms with van der Waals surface area (Å²) in [4.78, 5) is 17.6. The fourth-order valence-electron chi connectivity index (χ4n) is 2.38. The van der Waals surface area contributed by atoms with E-state index in [1.165, 1.54) is 26.7 Å². The monoisotopic (exact) mass is 366 g/mol. The van der Waals surface area contributed by atoms with Gasteiger partial charge in [0.05, 0.1) is 0 Å². The zero-order valence-electron chi connectivity index (χ0n) is 12.6. The van der Waals surface area contributed by atoms with Crippen molar-refractivity contribution in [3.8, 4) is 6.07 Å². The van der Waals surface area contributed by atoms with Crippen molar-refractivity contribution in [2.24, 2.45) is 0 Å². The summed E-state index contributed by atoms with van der Waals surface area (Å²) in [5.41, 5.74) is 0. The third-order valence-corrected chi connectivity index (χ3v) is 6.89. The maximum atomic E-state index is 12.4. The fourth-order valence-corrected chi connectivity index (χ4v) is 4.94. The molecule has 2 aromatic rings. The van der Waals surface area contributed by atoms with Crippen molar-refractivity contribution in [1.82, 2.24) is 24.0 Å². The Kier molecular flexibility index (Phi) is 4.61. The molecule has 0 saturated carbocycles. The van der Waals surface area contributed by atoms with Gasteiger partial charge in [-0.2, -0.15) is 9.57 Å². The molecule has 1 fully saturated rings. The Morgan fingerprint density at radius 3 is 2.67 bits per heavy atom. The molecule has 11 heteroatoms. The number of carbonyl (C=O) groups is 1. The second kappa shape index (κ2) is 6.68. The van der Waals surface area contributed by atoms with Gasteiger partial charge in [0, 0.05) is 26.2 Å². The van der Waals surface area contributed by atoms with E-state index >= 15 is 0 Å². The Morgan fingerprint density at radius 1 is 1.33 bits per heavy atom. The molecule has 0 atom stereocenters. The van der Waals surface area contributed by atoms with Crippen LogP contribution < -0.4 is 0 Å². The third kappa shape index (κ3) is 3.30. The highest BCUT2D eigenvalue weighted by Gasteiger charge is 2.30. The zero-order valence-corrected chi connectivity index (χ0v) is 14.2. The van der Waals surface area contributed by atoms with E-state index in [-0.39, 0.29) is 31.4 Å². The van der Waals surface area contributed by atoms with E-state index < -0.39 is 10.0 Å². The van der Waals surface area contributed by atoms with Crippen LogP contribution in [-0.2, 0) is 21.4 Å². The van der Waals surface area contributed by atoms with Gasteiger partial charge in [-0.15, -0.1) is 16.4 Å². The maximum Gasteiger partial charge on any atom is 0.252 e. The molecule has 0 N–H and O–H groups in total. The highest BCUT2D eigenvalue weighted by atomic mass is 32.2. The number of nitriles is 1. The minimum absolute atomic E-state index is 0.00894. The summed E-state index contributed by atoms with van der Waals surface area (Å²) in [5.74, 6) is -0.174. The van der Waals surface area contributed by atoms with E-state index in [1.807, 2.05) is 0 Å². The van der Waals surface area contributed by atoms with Crippen LogP contribution in [0.15, 0.2) is 28.0 Å². The smallest absolute Gasteiger partial charge is 0.252 e. The first-order valence-electron chi connectivity index (χ1n) is 7.11. The largest absolute Gasteiger partial charge is 0.338 e. The van der Waals surface area contributed by atoms with Gasteiger partial charge in [-0.25, -0.2) is 18.1 Å². The number of piperazine rings is 1. The lowest BCUT2D eigenvalue weighted by atomic mass is 10.3. The Labute approximate surface area is 142 Å². The summed E-state index contributed by atoms with van der Waals surface area (Å²) >= 11 is 1.18. The van der Waals surface area contributed by atoms with Crippen molar-refractivity contribution >= 4 is 27.3 Å². The van der Waals surface area contributed by atoms with Gasteiger partial charge < -0.3 is 4.90 Å². The first-order chi connectivity index (χ1) is 11.5. The molecular weight excluding hydrogens is 352 g/mol. The summed E-state index contributed by atoms with van der Waals surface area (Å²) in [6, 6.07) is 5.07. The van der Waals surface area contributed by atoms with Crippen molar-refractivity contribution < 1.29 is 13.2 Å². The van der Waals surface area contributed by atoms with Crippen LogP contribution in [0.25, 0.3) is 0 Å². The van der Waals surface area contributed by atoms with Crippen LogP contribution >= 0.6 is 11.3 Å². The molecule has 3 rings (SSSR count). The molecule has 1 amide bonds. The number of hydrogen-bond donors (Lipinski definition) is 0. The number of hydrogen-bond acceptors (Lipinski definition) is 7. The first-order valence-corrected chi connectivity index (χ1v) is 9.43. The van der Waals surface area contributed by atoms with E-state index in [9.17, 15) is 13.2 Å². The Bertz CT molecular complexity index is 860. The third-order valence-electron chi connectivity index (χ3n) is 3.61. The molecule has 0 unspecified atom stereocenters. The lowest BCUT2D eigenvalue weighted by molar-refractivity contribution is -0.133. The van der Waals surface area contributed by atoms with Crippen LogP contribution in [-0.4, -0.2) is 64.5 Å². The van der Waals surface area contributed by atoms with E-state index in [1.54, 1.807) is 28.5 Å². The second-order valence-corrected chi connectivity index (χ2v) is 8.21. The zero-order chi connectivity index (χ0) is 17.2. The molecular formula is C13H14N6O3S2. The van der Waals surface area contributed by atoms with Crippen LogP contribution in [0.2, 0.25) is 0 Å². The van der Waals surface area contributed by atoms with Crippen molar-refractivity contribution in [2.45, 2.75) is 10.8 Å². The Hall–Kier alpha value is -2.29. The second-order valence-electron chi connectivity index (χ2n) is 5.09. The summed E-state index contributed by atoms with van der Waals surface area (Å²) in [5, 5.41) is 14.2. The van der Waals surface area contributed by atoms with Gasteiger partial charge in [0.15, 0.2) is 0 Å². The van der Waals surface area contributed by atoms with E-state index in [0.29, 0.717) is 17.3 Å². The van der Waals surface area contributed by atoms with Gasteiger partial charge in [0.25, 0.3) is 15.8 Å². The molecule has 9 nitrogen and oxygen atoms in total. The van der Waals surface area contributed by atoms with E-state index in [0.717, 1.165) is 0 Å². The maximum absolute atomic E-state index is 12.4. The van der Waals surface area contributed by atoms with Gasteiger partial charge in [-0.1, -0.05) is 6.07 Å². The van der Waals surface area contributed by atoms with Gasteiger partial charge in [-0.05, 0) is 11.4 Å². The first kappa shape index (κ1) is 16.6. The predicted octanol–water partition coefficient (Wildman–Crippen LogP) is -0.256. The van der Waals surface area contributed by atoms with Crippen LogP contribution in [0.1, 0.15) is 5.82 Å². The van der Waals surface area contributed by atoms with E-state index in [2.05, 4.69) is 10.1 Å². The summed E-state index contributed by atoms with van der Waals surface area (Å²) in [6.07, 6.45) is 1.33. The van der Waals surface area contributed by atoms with Gasteiger partial charge in [-0.3, -0.25) is 4.79 Å². The number of thiophene rings is 1. The predicted molar refractivity (Wildman–Crippen MR) is 84.4 cm³/mol. The van der Waals surface area contributed by atoms with E-state index in [4.69, 9.17) is 5.26 Å². The van der Waals surface area contributed by atoms with Gasteiger partial charge >= 0.3 is 0 Å². The van der Waals surface area contributed by atoms with Crippen LogP contribution in [0.5, 0.6) is 0 Å². The molecule has 0 aliphatic carbocycles. The molecule has 24 heavy (non-hydrogen) atoms. The number of sulfonamides is 1. The standard InChI is InChI=1S/C13H14N6O3S2/c14-8-11-15-10-18(16-11)9-12(20)17-3-5-19(6-4-17)24(21,22)13-2-1-7-23-13/h1-2,7,10H,3-6,9H2. The molecule has 0 spiro atoms. The topological polar surface area (TPSA) is 112 Å². The molecule has 3 heterocycles. The molecule has 0 bridgehead atoms. The van der Waals surface area contributed by atoms with Crippen molar-refractivity contribution in [3.63, 3.8) is 0 Å². The lowest BCUT2D eigenvalue weighted by Gasteiger charge is -2.33. The Morgan fingerprint density at radius 2 is 2.08 bits per heavy atom. The van der Waals surface area contributed by atoms with Crippen molar-refractivity contribution in [1.29, 1.82) is 5.26 Å². The number of carbonyl (C=O) groups excluding carboxylic acids is 1. The molecule has 0 radical (unpaired) electrons. The minimum atomic E-state index is -3.48. The average molecular weight is 366 g/mol. The highest BCUT2D eigenvalue weighted by Crippen LogP contribution is 2.22. The molecule has 2 aromatic heterocycles. The number of amides is 1. The summed E-state index contributed by atoms with van der Waals surface area (Å²) < 4.78 is 27.9. The van der Waals surface area contributed by atoms with Crippen molar-refractivity contribution in [3.05, 3.63) is 29.7 Å². The van der Waals surface area contributed by atoms with Crippen LogP contribution in [0, 0.1) is 11.3 Å². The van der Waals surface area contributed by atoms with Crippen LogP contribution in [0.4, 0.5) is 0 Å². The fraction of sp³-hybridized carbons (Fsp3) is 0.385. The number of rotatable bonds is 4. The van der Waals surface area contributed by atoms with Crippen LogP contribution in [0.3, 0.4) is 0 Å². The molecule has 1 saturated heterocycles. The molecule has 1 aliphatic rings. The summed E-state index contributed by atoms with van der Waals surface area (Å²) in [7, 11) is -3.48. The average Bonchev–Trinajstić information content (AvgIpc) is 3.27. The van der Waals surface area contributed by atoms with Crippen molar-refractivity contribution in [2.75, 3.05) is 26.2 Å². The number of aromatic nitrogens is 3. The Balaban J connectivity index is 1.59. The summed E-state index contributed by atoms with van der Waals surface area (Å²) in [6.45, 7) is 1.14. The lowest BCUT2D eigenvalue weighted by Crippen LogP contribution is -2.51. The highest BCUT2D eigenvalue weighted by molar-refractivity contribution is 7.91. The quantitative estimate of drug-likeness (QED) is 0.737. The minimum Gasteiger partial charge on any atom is -0.338 e. The van der Waals surface area contributed by atoms with Gasteiger partial charge in [0.1, 0.15) is 23.2 Å². The molecule has 126 valence electrons.